The van der Waals surface area contributed by atoms with Crippen LogP contribution in [0.3, 0.4) is 0 Å². The third-order valence-corrected chi connectivity index (χ3v) is 6.29. The number of imidazole rings is 1. The van der Waals surface area contributed by atoms with Crippen molar-refractivity contribution in [3.63, 3.8) is 0 Å². The Bertz CT molecular complexity index is 1420. The first kappa shape index (κ1) is 22.0. The molecule has 1 aliphatic heterocycles. The number of carbonyl (C=O) groups is 1. The fourth-order valence-electron chi connectivity index (χ4n) is 4.50. The summed E-state index contributed by atoms with van der Waals surface area (Å²) in [6.45, 7) is 4.74. The summed E-state index contributed by atoms with van der Waals surface area (Å²) < 4.78 is 9.32. The molecule has 1 unspecified atom stereocenters. The maximum absolute atomic E-state index is 13.7. The largest absolute Gasteiger partial charge is 0.457 e. The van der Waals surface area contributed by atoms with Gasteiger partial charge in [0.05, 0.1) is 29.0 Å². The predicted molar refractivity (Wildman–Crippen MR) is 132 cm³/mol. The molecule has 1 amide bonds. The Hall–Kier alpha value is -3.84. The van der Waals surface area contributed by atoms with Gasteiger partial charge in [0.1, 0.15) is 11.5 Å². The van der Waals surface area contributed by atoms with Crippen LogP contribution in [0.1, 0.15) is 18.9 Å². The fourth-order valence-corrected chi connectivity index (χ4v) is 4.68. The van der Waals surface area contributed by atoms with Crippen LogP contribution < -0.4 is 10.4 Å². The molecule has 0 aliphatic carbocycles. The van der Waals surface area contributed by atoms with E-state index in [9.17, 15) is 9.59 Å². The van der Waals surface area contributed by atoms with Gasteiger partial charge in [-0.2, -0.15) is 0 Å². The highest BCUT2D eigenvalue weighted by atomic mass is 35.5. The van der Waals surface area contributed by atoms with Gasteiger partial charge in [-0.1, -0.05) is 24.2 Å². The predicted octanol–water partition coefficient (Wildman–Crippen LogP) is 4.98. The summed E-state index contributed by atoms with van der Waals surface area (Å²) in [5, 5.41) is 0.594. The summed E-state index contributed by atoms with van der Waals surface area (Å²) in [5.74, 6) is 1.15. The van der Waals surface area contributed by atoms with Crippen LogP contribution in [0.4, 0.5) is 0 Å². The molecule has 1 aliphatic rings. The first-order valence-corrected chi connectivity index (χ1v) is 11.4. The van der Waals surface area contributed by atoms with E-state index >= 15 is 0 Å². The minimum absolute atomic E-state index is 0.113. The first-order valence-electron chi connectivity index (χ1n) is 11.1. The molecule has 5 rings (SSSR count). The molecule has 8 heteroatoms. The molecule has 172 valence electrons. The number of pyridine rings is 1. The molecule has 7 nitrogen and oxygen atoms in total. The number of nitrogens with zero attached hydrogens (tertiary/aromatic N) is 4. The summed E-state index contributed by atoms with van der Waals surface area (Å²) >= 11 is 6.04. The quantitative estimate of drug-likeness (QED) is 0.382. The number of benzene rings is 2. The van der Waals surface area contributed by atoms with Crippen molar-refractivity contribution in [1.82, 2.24) is 19.0 Å². The second-order valence-corrected chi connectivity index (χ2v) is 8.63. The molecule has 0 radical (unpaired) electrons. The molecule has 1 saturated heterocycles. The van der Waals surface area contributed by atoms with Crippen LogP contribution in [0, 0.1) is 0 Å². The number of halogens is 1. The van der Waals surface area contributed by atoms with Crippen molar-refractivity contribution in [1.29, 1.82) is 0 Å². The third-order valence-electron chi connectivity index (χ3n) is 6.05. The van der Waals surface area contributed by atoms with Crippen LogP contribution in [0.15, 0.2) is 84.4 Å². The normalized spacial score (nSPS) is 15.9. The van der Waals surface area contributed by atoms with E-state index in [4.69, 9.17) is 16.3 Å². The van der Waals surface area contributed by atoms with E-state index < -0.39 is 0 Å². The molecular weight excluding hydrogens is 452 g/mol. The van der Waals surface area contributed by atoms with Gasteiger partial charge in [0.2, 0.25) is 5.91 Å². The van der Waals surface area contributed by atoms with Gasteiger partial charge in [-0.05, 0) is 67.4 Å². The van der Waals surface area contributed by atoms with Crippen molar-refractivity contribution in [3.05, 3.63) is 95.2 Å². The molecular formula is C26H23ClN4O3. The zero-order chi connectivity index (χ0) is 23.7. The summed E-state index contributed by atoms with van der Waals surface area (Å²) in [7, 11) is 0. The van der Waals surface area contributed by atoms with Crippen LogP contribution in [0.2, 0.25) is 5.02 Å². The molecule has 1 fully saturated rings. The van der Waals surface area contributed by atoms with Crippen LogP contribution in [-0.2, 0) is 4.79 Å². The van der Waals surface area contributed by atoms with Crippen molar-refractivity contribution in [2.24, 2.45) is 0 Å². The Morgan fingerprint density at radius 2 is 1.94 bits per heavy atom. The monoisotopic (exact) mass is 474 g/mol. The van der Waals surface area contributed by atoms with Gasteiger partial charge in [-0.15, -0.1) is 0 Å². The van der Waals surface area contributed by atoms with Crippen LogP contribution in [0.25, 0.3) is 16.7 Å². The second kappa shape index (κ2) is 9.19. The molecule has 0 bridgehead atoms. The molecule has 3 heterocycles. The van der Waals surface area contributed by atoms with Crippen LogP contribution >= 0.6 is 11.6 Å². The van der Waals surface area contributed by atoms with E-state index in [0.29, 0.717) is 40.8 Å². The summed E-state index contributed by atoms with van der Waals surface area (Å²) in [6, 6.07) is 16.2. The number of amides is 1. The van der Waals surface area contributed by atoms with Gasteiger partial charge >= 0.3 is 5.69 Å². The second-order valence-electron chi connectivity index (χ2n) is 8.19. The van der Waals surface area contributed by atoms with Crippen molar-refractivity contribution in [2.75, 3.05) is 13.1 Å². The molecule has 4 aromatic rings. The molecule has 0 N–H and O–H groups in total. The molecule has 34 heavy (non-hydrogen) atoms. The Morgan fingerprint density at radius 1 is 1.12 bits per heavy atom. The van der Waals surface area contributed by atoms with Crippen molar-refractivity contribution >= 4 is 28.5 Å². The van der Waals surface area contributed by atoms with Crippen LogP contribution in [0.5, 0.6) is 11.5 Å². The fraction of sp³-hybridized carbons (Fsp3) is 0.192. The number of aromatic nitrogens is 3. The maximum atomic E-state index is 13.7. The van der Waals surface area contributed by atoms with E-state index in [1.165, 1.54) is 6.08 Å². The number of hydrogen-bond donors (Lipinski definition) is 0. The minimum atomic E-state index is -0.163. The number of piperidine rings is 1. The summed E-state index contributed by atoms with van der Waals surface area (Å²) in [6.07, 6.45) is 6.34. The molecule has 1 atom stereocenters. The lowest BCUT2D eigenvalue weighted by molar-refractivity contribution is -0.127. The molecule has 0 spiro atoms. The Kier molecular flexibility index (Phi) is 5.94. The highest BCUT2D eigenvalue weighted by molar-refractivity contribution is 6.30. The zero-order valence-corrected chi connectivity index (χ0v) is 19.2. The standard InChI is InChI=1S/C26H23ClN4O3/c1-2-25(32)29-14-4-6-20(17-29)31-23-12-13-28-16-24(23)30(26(31)33)19-8-10-21(11-9-19)34-22-7-3-5-18(27)15-22/h2-3,5,7-13,15-16,20H,1,4,6,14,17H2. The van der Waals surface area contributed by atoms with Gasteiger partial charge in [-0.3, -0.25) is 18.9 Å². The van der Waals surface area contributed by atoms with E-state index in [-0.39, 0.29) is 17.6 Å². The Morgan fingerprint density at radius 3 is 2.71 bits per heavy atom. The first-order chi connectivity index (χ1) is 16.5. The van der Waals surface area contributed by atoms with Crippen molar-refractivity contribution in [3.8, 4) is 17.2 Å². The zero-order valence-electron chi connectivity index (χ0n) is 18.4. The highest BCUT2D eigenvalue weighted by Gasteiger charge is 2.27. The molecule has 2 aromatic heterocycles. The van der Waals surface area contributed by atoms with Gasteiger partial charge in [0.15, 0.2) is 0 Å². The van der Waals surface area contributed by atoms with E-state index in [0.717, 1.165) is 18.4 Å². The van der Waals surface area contributed by atoms with Crippen molar-refractivity contribution < 1.29 is 9.53 Å². The smallest absolute Gasteiger partial charge is 0.334 e. The van der Waals surface area contributed by atoms with Gasteiger partial charge in [-0.25, -0.2) is 4.79 Å². The highest BCUT2D eigenvalue weighted by Crippen LogP contribution is 2.28. The van der Waals surface area contributed by atoms with E-state index in [2.05, 4.69) is 11.6 Å². The Labute approximate surface area is 201 Å². The summed E-state index contributed by atoms with van der Waals surface area (Å²) in [5.41, 5.74) is 2.04. The average molecular weight is 475 g/mol. The lowest BCUT2D eigenvalue weighted by Crippen LogP contribution is -2.42. The number of hydrogen-bond acceptors (Lipinski definition) is 4. The average Bonchev–Trinajstić information content (AvgIpc) is 3.16. The maximum Gasteiger partial charge on any atom is 0.334 e. The lowest BCUT2D eigenvalue weighted by atomic mass is 10.1. The van der Waals surface area contributed by atoms with E-state index in [1.807, 2.05) is 42.5 Å². The number of ether oxygens (including phenoxy) is 1. The number of carbonyl (C=O) groups excluding carboxylic acids is 1. The lowest BCUT2D eigenvalue weighted by Gasteiger charge is -2.32. The SMILES string of the molecule is C=CC(=O)N1CCCC(n2c(=O)n(-c3ccc(Oc4cccc(Cl)c4)cc3)c3cnccc32)C1. The minimum Gasteiger partial charge on any atom is -0.457 e. The van der Waals surface area contributed by atoms with E-state index in [1.54, 1.807) is 38.6 Å². The topological polar surface area (TPSA) is 69.4 Å². The summed E-state index contributed by atoms with van der Waals surface area (Å²) in [4.78, 5) is 31.9. The van der Waals surface area contributed by atoms with Gasteiger partial charge in [0, 0.05) is 24.3 Å². The number of likely N-dealkylation sites (tertiary alicyclic amines) is 1. The number of rotatable bonds is 5. The Balaban J connectivity index is 1.51. The van der Waals surface area contributed by atoms with Crippen molar-refractivity contribution in [2.45, 2.75) is 18.9 Å². The van der Waals surface area contributed by atoms with Gasteiger partial charge < -0.3 is 9.64 Å². The third kappa shape index (κ3) is 4.10. The molecule has 2 aromatic carbocycles. The van der Waals surface area contributed by atoms with Crippen LogP contribution in [-0.4, -0.2) is 38.0 Å². The van der Waals surface area contributed by atoms with Gasteiger partial charge in [0.25, 0.3) is 0 Å². The number of fused-ring (bicyclic) bond motifs is 1. The molecule has 0 saturated carbocycles.